The van der Waals surface area contributed by atoms with Gasteiger partial charge in [-0.1, -0.05) is 6.92 Å². The highest BCUT2D eigenvalue weighted by Gasteiger charge is 2.07. The topological polar surface area (TPSA) is 104 Å². The van der Waals surface area contributed by atoms with Crippen LogP contribution in [0.1, 0.15) is 13.3 Å². The molecule has 1 heterocycles. The summed E-state index contributed by atoms with van der Waals surface area (Å²) in [6, 6.07) is 2.22. The van der Waals surface area contributed by atoms with E-state index >= 15 is 0 Å². The summed E-state index contributed by atoms with van der Waals surface area (Å²) in [5, 5.41) is 13.6. The number of H-pyrrole nitrogens is 1. The molecule has 0 bridgehead atoms. The summed E-state index contributed by atoms with van der Waals surface area (Å²) in [6.45, 7) is 2.17. The molecule has 1 aromatic heterocycles. The largest absolute Gasteiger partial charge is 0.396 e. The Bertz CT molecular complexity index is 506. The van der Waals surface area contributed by atoms with Crippen LogP contribution in [0.15, 0.2) is 21.7 Å². The van der Waals surface area contributed by atoms with Gasteiger partial charge < -0.3 is 10.4 Å². The Balaban J connectivity index is 2.52. The van der Waals surface area contributed by atoms with E-state index in [0.717, 1.165) is 16.8 Å². The Labute approximate surface area is 103 Å². The molecule has 100 valence electrons. The Kier molecular flexibility index (Phi) is 5.31. The fourth-order valence-electron chi connectivity index (χ4n) is 1.39. The molecule has 1 aromatic rings. The van der Waals surface area contributed by atoms with Crippen molar-refractivity contribution >= 4 is 5.91 Å². The lowest BCUT2D eigenvalue weighted by atomic mass is 10.1. The zero-order valence-corrected chi connectivity index (χ0v) is 10.2. The number of nitrogens with one attached hydrogen (secondary N) is 2. The number of rotatable bonds is 6. The lowest BCUT2D eigenvalue weighted by molar-refractivity contribution is -0.122. The number of aromatic nitrogens is 2. The number of aliphatic hydroxyl groups is 1. The molecule has 0 aliphatic carbocycles. The van der Waals surface area contributed by atoms with Gasteiger partial charge in [0.15, 0.2) is 0 Å². The third kappa shape index (κ3) is 4.54. The van der Waals surface area contributed by atoms with E-state index in [9.17, 15) is 14.4 Å². The van der Waals surface area contributed by atoms with Crippen LogP contribution in [0, 0.1) is 5.92 Å². The highest BCUT2D eigenvalue weighted by Crippen LogP contribution is 1.97. The van der Waals surface area contributed by atoms with E-state index < -0.39 is 11.1 Å². The average Bonchev–Trinajstić information content (AvgIpc) is 2.32. The van der Waals surface area contributed by atoms with E-state index in [-0.39, 0.29) is 25.0 Å². The van der Waals surface area contributed by atoms with Gasteiger partial charge in [-0.2, -0.15) is 0 Å². The van der Waals surface area contributed by atoms with Crippen molar-refractivity contribution in [2.45, 2.75) is 19.9 Å². The van der Waals surface area contributed by atoms with E-state index in [4.69, 9.17) is 5.11 Å². The van der Waals surface area contributed by atoms with Crippen molar-refractivity contribution in [3.63, 3.8) is 0 Å². The molecular weight excluding hydrogens is 238 g/mol. The molecule has 0 radical (unpaired) electrons. The van der Waals surface area contributed by atoms with Crippen molar-refractivity contribution in [1.29, 1.82) is 0 Å². The fourth-order valence-corrected chi connectivity index (χ4v) is 1.39. The SMILES string of the molecule is CC(CCO)CNC(=O)Cn1[nH]c(=O)ccc1=O. The lowest BCUT2D eigenvalue weighted by Crippen LogP contribution is -2.37. The minimum atomic E-state index is -0.437. The third-order valence-electron chi connectivity index (χ3n) is 2.46. The summed E-state index contributed by atoms with van der Waals surface area (Å²) in [5.74, 6) is -0.200. The van der Waals surface area contributed by atoms with Crippen LogP contribution in [0.4, 0.5) is 0 Å². The predicted molar refractivity (Wildman–Crippen MR) is 65.2 cm³/mol. The third-order valence-corrected chi connectivity index (χ3v) is 2.46. The molecule has 1 atom stereocenters. The average molecular weight is 255 g/mol. The summed E-state index contributed by atoms with van der Waals surface area (Å²) in [7, 11) is 0. The molecule has 1 amide bonds. The van der Waals surface area contributed by atoms with E-state index in [1.54, 1.807) is 0 Å². The molecule has 7 nitrogen and oxygen atoms in total. The van der Waals surface area contributed by atoms with Crippen molar-refractivity contribution in [3.05, 3.63) is 32.8 Å². The summed E-state index contributed by atoms with van der Waals surface area (Å²) in [5.41, 5.74) is -0.871. The van der Waals surface area contributed by atoms with Crippen molar-refractivity contribution in [1.82, 2.24) is 15.1 Å². The highest BCUT2D eigenvalue weighted by molar-refractivity contribution is 5.75. The van der Waals surface area contributed by atoms with Gasteiger partial charge in [0.1, 0.15) is 6.54 Å². The van der Waals surface area contributed by atoms with Crippen LogP contribution < -0.4 is 16.4 Å². The second-order valence-corrected chi connectivity index (χ2v) is 4.16. The summed E-state index contributed by atoms with van der Waals surface area (Å²) < 4.78 is 0.953. The number of carbonyl (C=O) groups excluding carboxylic acids is 1. The van der Waals surface area contributed by atoms with Crippen molar-refractivity contribution in [3.8, 4) is 0 Å². The zero-order chi connectivity index (χ0) is 13.5. The number of hydrogen-bond donors (Lipinski definition) is 3. The summed E-state index contributed by atoms with van der Waals surface area (Å²) >= 11 is 0. The summed E-state index contributed by atoms with van der Waals surface area (Å²) in [6.07, 6.45) is 0.600. The number of carbonyl (C=O) groups is 1. The Morgan fingerprint density at radius 1 is 1.50 bits per heavy atom. The maximum Gasteiger partial charge on any atom is 0.265 e. The number of nitrogens with zero attached hydrogens (tertiary/aromatic N) is 1. The molecule has 0 aromatic carbocycles. The quantitative estimate of drug-likeness (QED) is 0.586. The van der Waals surface area contributed by atoms with Gasteiger partial charge in [0.25, 0.3) is 11.1 Å². The van der Waals surface area contributed by atoms with Gasteiger partial charge >= 0.3 is 0 Å². The molecule has 0 saturated carbocycles. The first-order valence-corrected chi connectivity index (χ1v) is 5.70. The minimum absolute atomic E-state index is 0.0719. The molecule has 0 fully saturated rings. The van der Waals surface area contributed by atoms with Gasteiger partial charge in [-0.15, -0.1) is 0 Å². The van der Waals surface area contributed by atoms with Crippen LogP contribution in [0.5, 0.6) is 0 Å². The maximum absolute atomic E-state index is 11.5. The Hall–Kier alpha value is -1.89. The van der Waals surface area contributed by atoms with Crippen LogP contribution in [-0.2, 0) is 11.3 Å². The van der Waals surface area contributed by atoms with Crippen LogP contribution >= 0.6 is 0 Å². The van der Waals surface area contributed by atoms with Crippen LogP contribution in [0.25, 0.3) is 0 Å². The molecule has 3 N–H and O–H groups in total. The second-order valence-electron chi connectivity index (χ2n) is 4.16. The van der Waals surface area contributed by atoms with E-state index in [0.29, 0.717) is 13.0 Å². The first kappa shape index (κ1) is 14.2. The van der Waals surface area contributed by atoms with E-state index in [1.165, 1.54) is 0 Å². The van der Waals surface area contributed by atoms with Crippen molar-refractivity contribution < 1.29 is 9.90 Å². The molecule has 1 unspecified atom stereocenters. The van der Waals surface area contributed by atoms with E-state index in [2.05, 4.69) is 10.4 Å². The Morgan fingerprint density at radius 3 is 2.89 bits per heavy atom. The van der Waals surface area contributed by atoms with Gasteiger partial charge in [0.05, 0.1) is 0 Å². The van der Waals surface area contributed by atoms with Gasteiger partial charge in [-0.25, -0.2) is 4.68 Å². The normalized spacial score (nSPS) is 12.1. The van der Waals surface area contributed by atoms with Gasteiger partial charge in [0.2, 0.25) is 5.91 Å². The first-order valence-electron chi connectivity index (χ1n) is 5.70. The molecule has 0 spiro atoms. The highest BCUT2D eigenvalue weighted by atomic mass is 16.3. The summed E-state index contributed by atoms with van der Waals surface area (Å²) in [4.78, 5) is 33.9. The maximum atomic E-state index is 11.5. The number of aliphatic hydroxyl groups excluding tert-OH is 1. The zero-order valence-electron chi connectivity index (χ0n) is 10.2. The van der Waals surface area contributed by atoms with E-state index in [1.807, 2.05) is 6.92 Å². The number of aromatic amines is 1. The molecule has 7 heteroatoms. The number of hydrogen-bond acceptors (Lipinski definition) is 4. The Morgan fingerprint density at radius 2 is 2.22 bits per heavy atom. The minimum Gasteiger partial charge on any atom is -0.396 e. The van der Waals surface area contributed by atoms with Crippen LogP contribution in [0.3, 0.4) is 0 Å². The lowest BCUT2D eigenvalue weighted by Gasteiger charge is -2.11. The first-order chi connectivity index (χ1) is 8.52. The molecule has 0 aliphatic heterocycles. The van der Waals surface area contributed by atoms with Gasteiger partial charge in [0, 0.05) is 25.3 Å². The second kappa shape index (κ2) is 6.75. The standard InChI is InChI=1S/C11H17N3O4/c1-8(4-5-15)6-12-10(17)7-14-11(18)3-2-9(16)13-14/h2-3,8,15H,4-7H2,1H3,(H,12,17)(H,13,16). The monoisotopic (exact) mass is 255 g/mol. The van der Waals surface area contributed by atoms with Crippen LogP contribution in [0.2, 0.25) is 0 Å². The van der Waals surface area contributed by atoms with Gasteiger partial charge in [-0.05, 0) is 12.3 Å². The van der Waals surface area contributed by atoms with Crippen LogP contribution in [-0.4, -0.2) is 33.9 Å². The molecule has 0 saturated heterocycles. The number of amides is 1. The van der Waals surface area contributed by atoms with Gasteiger partial charge in [-0.3, -0.25) is 19.5 Å². The molecule has 0 aliphatic rings. The smallest absolute Gasteiger partial charge is 0.265 e. The van der Waals surface area contributed by atoms with Crippen molar-refractivity contribution in [2.75, 3.05) is 13.2 Å². The molecule has 1 rings (SSSR count). The molecular formula is C11H17N3O4. The van der Waals surface area contributed by atoms with Crippen molar-refractivity contribution in [2.24, 2.45) is 5.92 Å². The predicted octanol–water partition coefficient (Wildman–Crippen LogP) is -1.33. The fraction of sp³-hybridized carbons (Fsp3) is 0.545. The molecule has 18 heavy (non-hydrogen) atoms.